The molecule has 0 amide bonds. The smallest absolute Gasteiger partial charge is 0.0881 e. The summed E-state index contributed by atoms with van der Waals surface area (Å²) in [4.78, 5) is 0. The van der Waals surface area contributed by atoms with Crippen molar-refractivity contribution in [3.63, 3.8) is 0 Å². The second-order valence-corrected chi connectivity index (χ2v) is 3.10. The molecule has 64 valence electrons. The van der Waals surface area contributed by atoms with E-state index in [4.69, 9.17) is 0 Å². The molecular formula is C10H14N2. The SMILES string of the molecule is Cc1ccccc1N=NC(C)C. The molecule has 0 radical (unpaired) electrons. The van der Waals surface area contributed by atoms with Crippen LogP contribution in [-0.4, -0.2) is 6.04 Å². The van der Waals surface area contributed by atoms with Crippen LogP contribution in [0, 0.1) is 6.92 Å². The number of rotatable bonds is 2. The molecule has 0 N–H and O–H groups in total. The quantitative estimate of drug-likeness (QED) is 0.595. The molecule has 1 aromatic carbocycles. The molecule has 0 saturated carbocycles. The van der Waals surface area contributed by atoms with Crippen molar-refractivity contribution in [2.45, 2.75) is 26.8 Å². The van der Waals surface area contributed by atoms with Crippen LogP contribution >= 0.6 is 0 Å². The fourth-order valence-corrected chi connectivity index (χ4v) is 0.853. The summed E-state index contributed by atoms with van der Waals surface area (Å²) in [6.07, 6.45) is 0. The molecule has 0 spiro atoms. The highest BCUT2D eigenvalue weighted by molar-refractivity contribution is 5.43. The summed E-state index contributed by atoms with van der Waals surface area (Å²) < 4.78 is 0. The summed E-state index contributed by atoms with van der Waals surface area (Å²) in [5, 5.41) is 8.21. The third-order valence-electron chi connectivity index (χ3n) is 1.51. The summed E-state index contributed by atoms with van der Waals surface area (Å²) >= 11 is 0. The van der Waals surface area contributed by atoms with Crippen LogP contribution in [0.3, 0.4) is 0 Å². The number of hydrogen-bond acceptors (Lipinski definition) is 2. The van der Waals surface area contributed by atoms with Crippen molar-refractivity contribution in [3.8, 4) is 0 Å². The predicted octanol–water partition coefficient (Wildman–Crippen LogP) is 3.49. The van der Waals surface area contributed by atoms with E-state index in [2.05, 4.69) is 10.2 Å². The zero-order valence-corrected chi connectivity index (χ0v) is 7.78. The Balaban J connectivity index is 2.82. The van der Waals surface area contributed by atoms with Crippen LogP contribution in [0.15, 0.2) is 34.5 Å². The van der Waals surface area contributed by atoms with Gasteiger partial charge in [0.25, 0.3) is 0 Å². The van der Waals surface area contributed by atoms with Gasteiger partial charge in [0.2, 0.25) is 0 Å². The summed E-state index contributed by atoms with van der Waals surface area (Å²) in [6.45, 7) is 6.07. The van der Waals surface area contributed by atoms with Gasteiger partial charge in [-0.3, -0.25) is 0 Å². The zero-order valence-electron chi connectivity index (χ0n) is 7.78. The van der Waals surface area contributed by atoms with E-state index in [0.29, 0.717) is 0 Å². The fraction of sp³-hybridized carbons (Fsp3) is 0.400. The van der Waals surface area contributed by atoms with Crippen molar-refractivity contribution in [2.24, 2.45) is 10.2 Å². The molecule has 0 unspecified atom stereocenters. The van der Waals surface area contributed by atoms with Crippen LogP contribution in [0.25, 0.3) is 0 Å². The first-order chi connectivity index (χ1) is 5.70. The van der Waals surface area contributed by atoms with Gasteiger partial charge in [0.1, 0.15) is 0 Å². The van der Waals surface area contributed by atoms with Crippen molar-refractivity contribution >= 4 is 5.69 Å². The summed E-state index contributed by atoms with van der Waals surface area (Å²) in [5.74, 6) is 0. The molecular weight excluding hydrogens is 148 g/mol. The molecule has 1 rings (SSSR count). The second kappa shape index (κ2) is 4.00. The maximum absolute atomic E-state index is 4.13. The van der Waals surface area contributed by atoms with E-state index in [1.807, 2.05) is 45.0 Å². The summed E-state index contributed by atoms with van der Waals surface area (Å²) in [6, 6.07) is 8.26. The zero-order chi connectivity index (χ0) is 8.97. The molecule has 0 atom stereocenters. The first kappa shape index (κ1) is 8.91. The average molecular weight is 162 g/mol. The highest BCUT2D eigenvalue weighted by Crippen LogP contribution is 2.17. The third kappa shape index (κ3) is 2.46. The molecule has 1 aromatic rings. The van der Waals surface area contributed by atoms with Crippen molar-refractivity contribution in [1.82, 2.24) is 0 Å². The lowest BCUT2D eigenvalue weighted by Crippen LogP contribution is -1.84. The Kier molecular flexibility index (Phi) is 2.97. The van der Waals surface area contributed by atoms with E-state index >= 15 is 0 Å². The van der Waals surface area contributed by atoms with Crippen LogP contribution < -0.4 is 0 Å². The third-order valence-corrected chi connectivity index (χ3v) is 1.51. The standard InChI is InChI=1S/C10H14N2/c1-8(2)11-12-10-7-5-4-6-9(10)3/h4-8H,1-3H3. The van der Waals surface area contributed by atoms with E-state index in [1.54, 1.807) is 0 Å². The Morgan fingerprint density at radius 1 is 1.17 bits per heavy atom. The maximum Gasteiger partial charge on any atom is 0.0881 e. The topological polar surface area (TPSA) is 24.7 Å². The van der Waals surface area contributed by atoms with Gasteiger partial charge in [-0.1, -0.05) is 18.2 Å². The van der Waals surface area contributed by atoms with E-state index in [0.717, 1.165) is 5.69 Å². The lowest BCUT2D eigenvalue weighted by atomic mass is 10.2. The summed E-state index contributed by atoms with van der Waals surface area (Å²) in [5.41, 5.74) is 2.13. The van der Waals surface area contributed by atoms with E-state index in [9.17, 15) is 0 Å². The average Bonchev–Trinajstić information content (AvgIpc) is 2.03. The normalized spacial score (nSPS) is 11.3. The molecule has 0 aliphatic rings. The maximum atomic E-state index is 4.13. The highest BCUT2D eigenvalue weighted by Gasteiger charge is 1.93. The van der Waals surface area contributed by atoms with Gasteiger partial charge in [0.05, 0.1) is 11.7 Å². The first-order valence-electron chi connectivity index (χ1n) is 4.16. The number of aryl methyl sites for hydroxylation is 1. The van der Waals surface area contributed by atoms with E-state index < -0.39 is 0 Å². The Hall–Kier alpha value is -1.18. The molecule has 2 nitrogen and oxygen atoms in total. The lowest BCUT2D eigenvalue weighted by molar-refractivity contribution is 0.778. The van der Waals surface area contributed by atoms with Gasteiger partial charge in [-0.15, -0.1) is 0 Å². The van der Waals surface area contributed by atoms with Crippen molar-refractivity contribution in [2.75, 3.05) is 0 Å². The molecule has 0 aromatic heterocycles. The van der Waals surface area contributed by atoms with Gasteiger partial charge < -0.3 is 0 Å². The molecule has 0 saturated heterocycles. The second-order valence-electron chi connectivity index (χ2n) is 3.10. The highest BCUT2D eigenvalue weighted by atomic mass is 15.1. The van der Waals surface area contributed by atoms with Gasteiger partial charge >= 0.3 is 0 Å². The molecule has 2 heteroatoms. The Morgan fingerprint density at radius 2 is 1.83 bits per heavy atom. The Bertz CT molecular complexity index is 277. The van der Waals surface area contributed by atoms with Crippen molar-refractivity contribution < 1.29 is 0 Å². The Morgan fingerprint density at radius 3 is 2.42 bits per heavy atom. The van der Waals surface area contributed by atoms with Gasteiger partial charge in [0.15, 0.2) is 0 Å². The number of hydrogen-bond donors (Lipinski definition) is 0. The molecule has 0 bridgehead atoms. The van der Waals surface area contributed by atoms with Crippen LogP contribution in [0.1, 0.15) is 19.4 Å². The van der Waals surface area contributed by atoms with Crippen LogP contribution in [0.2, 0.25) is 0 Å². The number of azo groups is 1. The van der Waals surface area contributed by atoms with E-state index in [-0.39, 0.29) is 6.04 Å². The van der Waals surface area contributed by atoms with Gasteiger partial charge in [-0.05, 0) is 32.4 Å². The first-order valence-corrected chi connectivity index (χ1v) is 4.16. The van der Waals surface area contributed by atoms with Gasteiger partial charge in [-0.25, -0.2) is 0 Å². The Labute approximate surface area is 73.3 Å². The molecule has 0 aliphatic carbocycles. The lowest BCUT2D eigenvalue weighted by Gasteiger charge is -1.97. The molecule has 0 fully saturated rings. The van der Waals surface area contributed by atoms with E-state index in [1.165, 1.54) is 5.56 Å². The minimum absolute atomic E-state index is 0.268. The van der Waals surface area contributed by atoms with Crippen LogP contribution in [-0.2, 0) is 0 Å². The number of benzene rings is 1. The molecule has 12 heavy (non-hydrogen) atoms. The molecule has 0 aliphatic heterocycles. The largest absolute Gasteiger partial charge is 0.186 e. The minimum Gasteiger partial charge on any atom is -0.186 e. The number of nitrogens with zero attached hydrogens (tertiary/aromatic N) is 2. The van der Waals surface area contributed by atoms with Crippen LogP contribution in [0.5, 0.6) is 0 Å². The van der Waals surface area contributed by atoms with Crippen molar-refractivity contribution in [3.05, 3.63) is 29.8 Å². The van der Waals surface area contributed by atoms with Gasteiger partial charge in [0, 0.05) is 0 Å². The van der Waals surface area contributed by atoms with Crippen LogP contribution in [0.4, 0.5) is 5.69 Å². The van der Waals surface area contributed by atoms with Gasteiger partial charge in [-0.2, -0.15) is 10.2 Å². The van der Waals surface area contributed by atoms with Crippen molar-refractivity contribution in [1.29, 1.82) is 0 Å². The predicted molar refractivity (Wildman–Crippen MR) is 50.8 cm³/mol. The molecule has 0 heterocycles. The monoisotopic (exact) mass is 162 g/mol. The fourth-order valence-electron chi connectivity index (χ4n) is 0.853. The minimum atomic E-state index is 0.268. The summed E-state index contributed by atoms with van der Waals surface area (Å²) in [7, 11) is 0.